The van der Waals surface area contributed by atoms with Crippen molar-refractivity contribution in [2.45, 2.75) is 6.04 Å². The van der Waals surface area contributed by atoms with Gasteiger partial charge in [0.25, 0.3) is 5.91 Å². The molecule has 1 aliphatic rings. The second-order valence-electron chi connectivity index (χ2n) is 6.08. The van der Waals surface area contributed by atoms with E-state index in [0.29, 0.717) is 34.7 Å². The van der Waals surface area contributed by atoms with Crippen molar-refractivity contribution in [1.82, 2.24) is 10.3 Å². The van der Waals surface area contributed by atoms with Gasteiger partial charge in [0.15, 0.2) is 11.5 Å². The van der Waals surface area contributed by atoms with Crippen molar-refractivity contribution in [2.24, 2.45) is 0 Å². The molecule has 136 valence electrons. The number of fused-ring (bicyclic) bond motifs is 1. The number of hydrogen-bond acceptors (Lipinski definition) is 4. The molecule has 2 heterocycles. The molecule has 3 aromatic rings. The smallest absolute Gasteiger partial charge is 0.253 e. The topological polar surface area (TPSA) is 60.5 Å². The highest BCUT2D eigenvalue weighted by atomic mass is 79.9. The van der Waals surface area contributed by atoms with E-state index in [1.807, 2.05) is 42.5 Å². The van der Waals surface area contributed by atoms with Gasteiger partial charge >= 0.3 is 0 Å². The number of amides is 1. The summed E-state index contributed by atoms with van der Waals surface area (Å²) < 4.78 is 11.8. The third-order valence-electron chi connectivity index (χ3n) is 4.30. The van der Waals surface area contributed by atoms with Crippen LogP contribution in [0.1, 0.15) is 27.5 Å². The predicted octanol–water partition coefficient (Wildman–Crippen LogP) is 4.13. The molecule has 4 rings (SSSR count). The summed E-state index contributed by atoms with van der Waals surface area (Å²) in [7, 11) is 0. The largest absolute Gasteiger partial charge is 0.486 e. The maximum atomic E-state index is 13.1. The average Bonchev–Trinajstić information content (AvgIpc) is 2.72. The monoisotopic (exact) mass is 424 g/mol. The average molecular weight is 425 g/mol. The highest BCUT2D eigenvalue weighted by molar-refractivity contribution is 9.10. The number of benzene rings is 2. The summed E-state index contributed by atoms with van der Waals surface area (Å²) in [5.74, 6) is 1.00. The Morgan fingerprint density at radius 3 is 2.41 bits per heavy atom. The summed E-state index contributed by atoms with van der Waals surface area (Å²) in [5.41, 5.74) is 2.38. The number of pyridine rings is 1. The fourth-order valence-electron chi connectivity index (χ4n) is 3.00. The zero-order valence-electron chi connectivity index (χ0n) is 14.4. The van der Waals surface area contributed by atoms with Crippen LogP contribution in [0.15, 0.2) is 71.5 Å². The lowest BCUT2D eigenvalue weighted by molar-refractivity contribution is 0.0941. The van der Waals surface area contributed by atoms with Crippen LogP contribution in [0.3, 0.4) is 0 Å². The van der Waals surface area contributed by atoms with E-state index in [2.05, 4.69) is 26.2 Å². The van der Waals surface area contributed by atoms with Gasteiger partial charge in [-0.3, -0.25) is 9.78 Å². The lowest BCUT2D eigenvalue weighted by atomic mass is 9.99. The maximum Gasteiger partial charge on any atom is 0.253 e. The minimum Gasteiger partial charge on any atom is -0.486 e. The van der Waals surface area contributed by atoms with Crippen molar-refractivity contribution in [3.8, 4) is 11.5 Å². The van der Waals surface area contributed by atoms with Crippen LogP contribution >= 0.6 is 15.9 Å². The van der Waals surface area contributed by atoms with Gasteiger partial charge in [0.2, 0.25) is 0 Å². The SMILES string of the molecule is O=C(NC(c1ccccc1)c1cccnc1)c1cc2c(cc1Br)OCCO2. The first-order valence-corrected chi connectivity index (χ1v) is 9.36. The minimum absolute atomic E-state index is 0.212. The van der Waals surface area contributed by atoms with Gasteiger partial charge in [0.1, 0.15) is 13.2 Å². The van der Waals surface area contributed by atoms with Gasteiger partial charge in [-0.15, -0.1) is 0 Å². The second kappa shape index (κ2) is 7.80. The van der Waals surface area contributed by atoms with Gasteiger partial charge in [-0.25, -0.2) is 0 Å². The van der Waals surface area contributed by atoms with E-state index in [-0.39, 0.29) is 11.9 Å². The second-order valence-corrected chi connectivity index (χ2v) is 6.93. The van der Waals surface area contributed by atoms with Crippen LogP contribution in [0, 0.1) is 0 Å². The Kier molecular flexibility index (Phi) is 5.07. The van der Waals surface area contributed by atoms with Crippen molar-refractivity contribution >= 4 is 21.8 Å². The molecular formula is C21H17BrN2O3. The van der Waals surface area contributed by atoms with Crippen molar-refractivity contribution < 1.29 is 14.3 Å². The highest BCUT2D eigenvalue weighted by Gasteiger charge is 2.22. The van der Waals surface area contributed by atoms with Gasteiger partial charge < -0.3 is 14.8 Å². The summed E-state index contributed by atoms with van der Waals surface area (Å²) in [6, 6.07) is 16.8. The molecule has 1 aliphatic heterocycles. The summed E-state index contributed by atoms with van der Waals surface area (Å²) in [4.78, 5) is 17.2. The number of carbonyl (C=O) groups is 1. The third kappa shape index (κ3) is 3.80. The van der Waals surface area contributed by atoms with Crippen LogP contribution in [-0.4, -0.2) is 24.1 Å². The zero-order valence-corrected chi connectivity index (χ0v) is 16.0. The number of nitrogens with one attached hydrogen (secondary N) is 1. The Morgan fingerprint density at radius 1 is 1.00 bits per heavy atom. The lowest BCUT2D eigenvalue weighted by Crippen LogP contribution is -2.30. The predicted molar refractivity (Wildman–Crippen MR) is 105 cm³/mol. The number of carbonyl (C=O) groups excluding carboxylic acids is 1. The molecule has 0 fully saturated rings. The van der Waals surface area contributed by atoms with Crippen LogP contribution < -0.4 is 14.8 Å². The Hall–Kier alpha value is -2.86. The fraction of sp³-hybridized carbons (Fsp3) is 0.143. The Morgan fingerprint density at radius 2 is 1.70 bits per heavy atom. The molecule has 2 aromatic carbocycles. The molecule has 1 N–H and O–H groups in total. The van der Waals surface area contributed by atoms with E-state index in [9.17, 15) is 4.79 Å². The number of halogens is 1. The molecule has 6 heteroatoms. The maximum absolute atomic E-state index is 13.1. The summed E-state index contributed by atoms with van der Waals surface area (Å²) in [5, 5.41) is 3.11. The number of ether oxygens (including phenoxy) is 2. The molecule has 1 amide bonds. The molecule has 0 saturated carbocycles. The van der Waals surface area contributed by atoms with E-state index >= 15 is 0 Å². The third-order valence-corrected chi connectivity index (χ3v) is 4.96. The van der Waals surface area contributed by atoms with Gasteiger partial charge in [-0.1, -0.05) is 36.4 Å². The quantitative estimate of drug-likeness (QED) is 0.683. The molecule has 27 heavy (non-hydrogen) atoms. The lowest BCUT2D eigenvalue weighted by Gasteiger charge is -2.22. The molecule has 1 atom stereocenters. The minimum atomic E-state index is -0.312. The number of hydrogen-bond donors (Lipinski definition) is 1. The van der Waals surface area contributed by atoms with E-state index < -0.39 is 0 Å². The van der Waals surface area contributed by atoms with E-state index in [1.165, 1.54) is 0 Å². The van der Waals surface area contributed by atoms with Crippen LogP contribution in [0.2, 0.25) is 0 Å². The van der Waals surface area contributed by atoms with Gasteiger partial charge in [-0.05, 0) is 45.3 Å². The number of rotatable bonds is 4. The van der Waals surface area contributed by atoms with Gasteiger partial charge in [0.05, 0.1) is 11.6 Å². The van der Waals surface area contributed by atoms with Crippen LogP contribution in [0.4, 0.5) is 0 Å². The Bertz CT molecular complexity index is 909. The van der Waals surface area contributed by atoms with Crippen LogP contribution in [0.25, 0.3) is 0 Å². The Labute approximate surface area is 165 Å². The number of nitrogens with zero attached hydrogens (tertiary/aromatic N) is 1. The first-order valence-electron chi connectivity index (χ1n) is 8.57. The standard InChI is InChI=1S/C21H17BrN2O3/c22-17-12-19-18(26-9-10-27-19)11-16(17)21(25)24-20(14-5-2-1-3-6-14)15-7-4-8-23-13-15/h1-8,11-13,20H,9-10H2,(H,24,25). The molecule has 0 radical (unpaired) electrons. The van der Waals surface area contributed by atoms with Crippen LogP contribution in [-0.2, 0) is 0 Å². The van der Waals surface area contributed by atoms with Gasteiger partial charge in [0, 0.05) is 16.9 Å². The highest BCUT2D eigenvalue weighted by Crippen LogP contribution is 2.36. The van der Waals surface area contributed by atoms with E-state index in [0.717, 1.165) is 11.1 Å². The summed E-state index contributed by atoms with van der Waals surface area (Å²) in [6.45, 7) is 0.972. The van der Waals surface area contributed by atoms with Crippen molar-refractivity contribution in [1.29, 1.82) is 0 Å². The van der Waals surface area contributed by atoms with Crippen LogP contribution in [0.5, 0.6) is 11.5 Å². The van der Waals surface area contributed by atoms with Crippen molar-refractivity contribution in [3.63, 3.8) is 0 Å². The molecule has 0 spiro atoms. The normalized spacial score (nSPS) is 13.7. The van der Waals surface area contributed by atoms with Crippen molar-refractivity contribution in [3.05, 3.63) is 88.2 Å². The zero-order chi connectivity index (χ0) is 18.6. The summed E-state index contributed by atoms with van der Waals surface area (Å²) >= 11 is 3.47. The van der Waals surface area contributed by atoms with E-state index in [1.54, 1.807) is 24.5 Å². The van der Waals surface area contributed by atoms with E-state index in [4.69, 9.17) is 9.47 Å². The first-order chi connectivity index (χ1) is 13.2. The summed E-state index contributed by atoms with van der Waals surface area (Å²) in [6.07, 6.45) is 3.47. The molecule has 1 aromatic heterocycles. The van der Waals surface area contributed by atoms with Gasteiger partial charge in [-0.2, -0.15) is 0 Å². The number of aromatic nitrogens is 1. The molecule has 0 aliphatic carbocycles. The molecule has 5 nitrogen and oxygen atoms in total. The molecule has 0 saturated heterocycles. The first kappa shape index (κ1) is 17.5. The molecule has 1 unspecified atom stereocenters. The molecule has 0 bridgehead atoms. The van der Waals surface area contributed by atoms with Crippen molar-refractivity contribution in [2.75, 3.05) is 13.2 Å². The Balaban J connectivity index is 1.67. The molecular weight excluding hydrogens is 408 g/mol. The fourth-order valence-corrected chi connectivity index (χ4v) is 3.50.